The summed E-state index contributed by atoms with van der Waals surface area (Å²) >= 11 is 0. The van der Waals surface area contributed by atoms with E-state index in [9.17, 15) is 4.79 Å². The quantitative estimate of drug-likeness (QED) is 0.566. The topological polar surface area (TPSA) is 100 Å². The first kappa shape index (κ1) is 24.1. The largest absolute Gasteiger partial charge is 0.353 e. The molecular formula is C17H28Cl2N8O. The van der Waals surface area contributed by atoms with E-state index in [-0.39, 0.29) is 36.8 Å². The number of hydrogen-bond donors (Lipinski definition) is 3. The molecule has 1 unspecified atom stereocenters. The van der Waals surface area contributed by atoms with Gasteiger partial charge in [-0.1, -0.05) is 30.2 Å². The van der Waals surface area contributed by atoms with Crippen molar-refractivity contribution in [1.82, 2.24) is 35.7 Å². The molecule has 1 atom stereocenters. The number of halogens is 2. The minimum absolute atomic E-state index is 0. The third kappa shape index (κ3) is 6.59. The van der Waals surface area contributed by atoms with Gasteiger partial charge >= 0.3 is 0 Å². The van der Waals surface area contributed by atoms with Gasteiger partial charge in [-0.15, -0.1) is 24.8 Å². The number of carbonyl (C=O) groups is 1. The van der Waals surface area contributed by atoms with Crippen molar-refractivity contribution >= 4 is 36.7 Å². The van der Waals surface area contributed by atoms with Gasteiger partial charge in [0, 0.05) is 39.3 Å². The fraction of sp³-hybridized carbons (Fsp3) is 0.529. The lowest BCUT2D eigenvalue weighted by molar-refractivity contribution is -0.121. The number of tetrazole rings is 1. The summed E-state index contributed by atoms with van der Waals surface area (Å²) in [6.07, 6.45) is 0.640. The monoisotopic (exact) mass is 430 g/mol. The normalized spacial score (nSPS) is 15.0. The summed E-state index contributed by atoms with van der Waals surface area (Å²) in [6.45, 7) is 7.54. The van der Waals surface area contributed by atoms with Crippen LogP contribution in [0.4, 0.5) is 5.95 Å². The summed E-state index contributed by atoms with van der Waals surface area (Å²) in [5.74, 6) is 0.422. The van der Waals surface area contributed by atoms with E-state index >= 15 is 0 Å². The van der Waals surface area contributed by atoms with E-state index in [1.54, 1.807) is 4.68 Å². The van der Waals surface area contributed by atoms with E-state index in [0.717, 1.165) is 38.4 Å². The van der Waals surface area contributed by atoms with Crippen molar-refractivity contribution in [1.29, 1.82) is 0 Å². The van der Waals surface area contributed by atoms with Gasteiger partial charge in [-0.05, 0) is 29.0 Å². The third-order valence-electron chi connectivity index (χ3n) is 4.44. The molecule has 1 amide bonds. The molecule has 0 radical (unpaired) electrons. The highest BCUT2D eigenvalue weighted by molar-refractivity contribution is 5.85. The molecule has 9 nitrogen and oxygen atoms in total. The Hall–Kier alpha value is -1.94. The van der Waals surface area contributed by atoms with Gasteiger partial charge in [0.2, 0.25) is 11.9 Å². The van der Waals surface area contributed by atoms with Gasteiger partial charge in [-0.3, -0.25) is 9.69 Å². The molecule has 1 aliphatic heterocycles. The van der Waals surface area contributed by atoms with Crippen LogP contribution >= 0.6 is 24.8 Å². The summed E-state index contributed by atoms with van der Waals surface area (Å²) in [5.41, 5.74) is 0.842. The second-order valence-electron chi connectivity index (χ2n) is 6.24. The molecule has 1 aromatic carbocycles. The Labute approximate surface area is 177 Å². The van der Waals surface area contributed by atoms with Crippen LogP contribution in [0.25, 0.3) is 5.69 Å². The first-order valence-corrected chi connectivity index (χ1v) is 9.09. The smallest absolute Gasteiger partial charge is 0.248 e. The molecule has 1 saturated heterocycles. The van der Waals surface area contributed by atoms with E-state index in [2.05, 4.69) is 36.4 Å². The molecule has 1 aliphatic rings. The fourth-order valence-corrected chi connectivity index (χ4v) is 2.92. The summed E-state index contributed by atoms with van der Waals surface area (Å²) < 4.78 is 1.59. The Balaban J connectivity index is 0.00000196. The zero-order valence-electron chi connectivity index (χ0n) is 15.9. The summed E-state index contributed by atoms with van der Waals surface area (Å²) in [7, 11) is 0. The number of benzene rings is 1. The van der Waals surface area contributed by atoms with Crippen LogP contribution in [0.5, 0.6) is 0 Å². The van der Waals surface area contributed by atoms with Crippen molar-refractivity contribution in [2.45, 2.75) is 19.4 Å². The second-order valence-corrected chi connectivity index (χ2v) is 6.24. The number of piperazine rings is 1. The molecule has 156 valence electrons. The number of nitrogens with one attached hydrogen (secondary N) is 3. The van der Waals surface area contributed by atoms with Gasteiger partial charge in [0.05, 0.1) is 5.69 Å². The van der Waals surface area contributed by atoms with Crippen LogP contribution in [0, 0.1) is 0 Å². The molecule has 28 heavy (non-hydrogen) atoms. The molecule has 1 aromatic heterocycles. The van der Waals surface area contributed by atoms with E-state index in [1.807, 2.05) is 37.3 Å². The number of anilines is 1. The number of amides is 1. The van der Waals surface area contributed by atoms with E-state index in [1.165, 1.54) is 0 Å². The SMILES string of the molecule is CCC(Nc1nnnn1-c1ccccc1)C(=O)NCCN1CCNCC1.Cl.Cl. The highest BCUT2D eigenvalue weighted by atomic mass is 35.5. The van der Waals surface area contributed by atoms with Crippen LogP contribution in [-0.2, 0) is 4.79 Å². The van der Waals surface area contributed by atoms with Crippen LogP contribution in [0.15, 0.2) is 30.3 Å². The lowest BCUT2D eigenvalue weighted by Crippen LogP contribution is -2.47. The maximum Gasteiger partial charge on any atom is 0.248 e. The number of para-hydroxylation sites is 1. The Bertz CT molecular complexity index is 693. The van der Waals surface area contributed by atoms with Gasteiger partial charge in [-0.25, -0.2) is 0 Å². The Morgan fingerprint density at radius 2 is 1.93 bits per heavy atom. The Morgan fingerprint density at radius 3 is 2.61 bits per heavy atom. The predicted molar refractivity (Wildman–Crippen MR) is 114 cm³/mol. The second kappa shape index (κ2) is 12.5. The molecule has 3 N–H and O–H groups in total. The Morgan fingerprint density at radius 1 is 1.21 bits per heavy atom. The van der Waals surface area contributed by atoms with Crippen molar-refractivity contribution in [2.75, 3.05) is 44.6 Å². The minimum Gasteiger partial charge on any atom is -0.353 e. The highest BCUT2D eigenvalue weighted by Crippen LogP contribution is 2.12. The minimum atomic E-state index is -0.383. The Kier molecular flexibility index (Phi) is 10.8. The van der Waals surface area contributed by atoms with Crippen LogP contribution in [0.1, 0.15) is 13.3 Å². The summed E-state index contributed by atoms with van der Waals surface area (Å²) in [4.78, 5) is 14.9. The highest BCUT2D eigenvalue weighted by Gasteiger charge is 2.20. The molecule has 3 rings (SSSR count). The summed E-state index contributed by atoms with van der Waals surface area (Å²) in [5, 5.41) is 21.2. The number of aromatic nitrogens is 4. The molecule has 11 heteroatoms. The average Bonchev–Trinajstić information content (AvgIpc) is 3.15. The average molecular weight is 431 g/mol. The van der Waals surface area contributed by atoms with Gasteiger partial charge in [0.1, 0.15) is 6.04 Å². The maximum atomic E-state index is 12.5. The number of rotatable bonds is 8. The predicted octanol–water partition coefficient (Wildman–Crippen LogP) is 0.718. The number of hydrogen-bond acceptors (Lipinski definition) is 7. The van der Waals surface area contributed by atoms with Gasteiger partial charge in [0.25, 0.3) is 0 Å². The molecule has 0 saturated carbocycles. The van der Waals surface area contributed by atoms with Crippen LogP contribution in [-0.4, -0.2) is 76.3 Å². The van der Waals surface area contributed by atoms with Crippen LogP contribution in [0.3, 0.4) is 0 Å². The van der Waals surface area contributed by atoms with Gasteiger partial charge in [-0.2, -0.15) is 4.68 Å². The lowest BCUT2D eigenvalue weighted by atomic mass is 10.2. The molecule has 1 fully saturated rings. The molecular weight excluding hydrogens is 403 g/mol. The molecule has 0 spiro atoms. The third-order valence-corrected chi connectivity index (χ3v) is 4.44. The van der Waals surface area contributed by atoms with Crippen LogP contribution in [0.2, 0.25) is 0 Å². The lowest BCUT2D eigenvalue weighted by Gasteiger charge is -2.27. The molecule has 2 heterocycles. The van der Waals surface area contributed by atoms with Gasteiger partial charge in [0.15, 0.2) is 0 Å². The number of nitrogens with zero attached hydrogens (tertiary/aromatic N) is 5. The van der Waals surface area contributed by atoms with Crippen molar-refractivity contribution in [3.63, 3.8) is 0 Å². The van der Waals surface area contributed by atoms with Crippen LogP contribution < -0.4 is 16.0 Å². The molecule has 0 aliphatic carbocycles. The molecule has 2 aromatic rings. The van der Waals surface area contributed by atoms with Gasteiger partial charge < -0.3 is 16.0 Å². The van der Waals surface area contributed by atoms with Crippen molar-refractivity contribution in [3.8, 4) is 5.69 Å². The standard InChI is InChI=1S/C17H26N8O.2ClH/c1-2-15(16(26)19-10-13-24-11-8-18-9-12-24)20-17-21-22-23-25(17)14-6-4-3-5-7-14;;/h3-7,15,18H,2,8-13H2,1H3,(H,19,26)(H,20,21,23);2*1H. The van der Waals surface area contributed by atoms with E-state index in [0.29, 0.717) is 18.9 Å². The van der Waals surface area contributed by atoms with Crippen molar-refractivity contribution < 1.29 is 4.79 Å². The van der Waals surface area contributed by atoms with E-state index in [4.69, 9.17) is 0 Å². The zero-order chi connectivity index (χ0) is 18.2. The maximum absolute atomic E-state index is 12.5. The fourth-order valence-electron chi connectivity index (χ4n) is 2.92. The summed E-state index contributed by atoms with van der Waals surface area (Å²) in [6, 6.07) is 9.21. The van der Waals surface area contributed by atoms with E-state index < -0.39 is 0 Å². The van der Waals surface area contributed by atoms with Crippen molar-refractivity contribution in [2.24, 2.45) is 0 Å². The first-order valence-electron chi connectivity index (χ1n) is 9.09. The number of carbonyl (C=O) groups excluding carboxylic acids is 1. The zero-order valence-corrected chi connectivity index (χ0v) is 17.5. The molecule has 0 bridgehead atoms. The first-order chi connectivity index (χ1) is 12.8. The van der Waals surface area contributed by atoms with Crippen molar-refractivity contribution in [3.05, 3.63) is 30.3 Å².